The standard InChI is InChI=1S/C10H20BrNO/c1-5-8(6-2)12(4)10(13)9(11)7-3/h8-9H,5-7H2,1-4H3. The van der Waals surface area contributed by atoms with Crippen molar-refractivity contribution in [3.8, 4) is 0 Å². The fourth-order valence-electron chi connectivity index (χ4n) is 1.41. The summed E-state index contributed by atoms with van der Waals surface area (Å²) in [5.74, 6) is 0.205. The molecule has 3 heteroatoms. The molecule has 0 saturated heterocycles. The molecular formula is C10H20BrNO. The monoisotopic (exact) mass is 249 g/mol. The molecule has 0 heterocycles. The van der Waals surface area contributed by atoms with Crippen molar-refractivity contribution in [1.29, 1.82) is 0 Å². The van der Waals surface area contributed by atoms with Crippen molar-refractivity contribution in [2.75, 3.05) is 7.05 Å². The Morgan fingerprint density at radius 2 is 1.69 bits per heavy atom. The summed E-state index contributed by atoms with van der Waals surface area (Å²) in [7, 11) is 1.89. The minimum atomic E-state index is -0.0156. The van der Waals surface area contributed by atoms with Crippen LogP contribution in [0.3, 0.4) is 0 Å². The third-order valence-corrected chi connectivity index (χ3v) is 3.50. The average Bonchev–Trinajstić information content (AvgIpc) is 2.17. The summed E-state index contributed by atoms with van der Waals surface area (Å²) in [5, 5.41) is 0. The van der Waals surface area contributed by atoms with Crippen molar-refractivity contribution in [3.05, 3.63) is 0 Å². The summed E-state index contributed by atoms with van der Waals surface area (Å²) in [6, 6.07) is 0.388. The molecule has 0 aromatic rings. The molecular weight excluding hydrogens is 230 g/mol. The SMILES string of the molecule is CCC(Br)C(=O)N(C)C(CC)CC. The van der Waals surface area contributed by atoms with Crippen molar-refractivity contribution in [1.82, 2.24) is 4.90 Å². The lowest BCUT2D eigenvalue weighted by Gasteiger charge is -2.27. The number of alkyl halides is 1. The van der Waals surface area contributed by atoms with E-state index in [1.165, 1.54) is 0 Å². The van der Waals surface area contributed by atoms with E-state index in [9.17, 15) is 4.79 Å². The highest BCUT2D eigenvalue weighted by Gasteiger charge is 2.21. The molecule has 0 aliphatic rings. The molecule has 0 aliphatic carbocycles. The lowest BCUT2D eigenvalue weighted by molar-refractivity contribution is -0.131. The molecule has 0 aliphatic heterocycles. The number of halogens is 1. The second kappa shape index (κ2) is 6.41. The number of hydrogen-bond acceptors (Lipinski definition) is 1. The normalized spacial score (nSPS) is 13.1. The van der Waals surface area contributed by atoms with Crippen LogP contribution < -0.4 is 0 Å². The first-order chi connectivity index (χ1) is 6.08. The highest BCUT2D eigenvalue weighted by atomic mass is 79.9. The minimum absolute atomic E-state index is 0.0156. The summed E-state index contributed by atoms with van der Waals surface area (Å²) in [6.07, 6.45) is 2.91. The molecule has 0 aromatic heterocycles. The van der Waals surface area contributed by atoms with Crippen LogP contribution in [0.2, 0.25) is 0 Å². The van der Waals surface area contributed by atoms with Gasteiger partial charge in [-0.1, -0.05) is 36.7 Å². The highest BCUT2D eigenvalue weighted by molar-refractivity contribution is 9.10. The smallest absolute Gasteiger partial charge is 0.236 e. The van der Waals surface area contributed by atoms with Gasteiger partial charge in [0.05, 0.1) is 4.83 Å². The van der Waals surface area contributed by atoms with Crippen LogP contribution in [0.1, 0.15) is 40.0 Å². The van der Waals surface area contributed by atoms with Crippen molar-refractivity contribution < 1.29 is 4.79 Å². The van der Waals surface area contributed by atoms with E-state index in [0.29, 0.717) is 6.04 Å². The third-order valence-electron chi connectivity index (χ3n) is 2.46. The van der Waals surface area contributed by atoms with Gasteiger partial charge in [0.15, 0.2) is 0 Å². The van der Waals surface area contributed by atoms with E-state index in [1.807, 2.05) is 18.9 Å². The van der Waals surface area contributed by atoms with Crippen molar-refractivity contribution in [2.24, 2.45) is 0 Å². The van der Waals surface area contributed by atoms with Gasteiger partial charge in [0.25, 0.3) is 0 Å². The molecule has 0 radical (unpaired) electrons. The molecule has 78 valence electrons. The first-order valence-electron chi connectivity index (χ1n) is 4.99. The fourth-order valence-corrected chi connectivity index (χ4v) is 1.73. The van der Waals surface area contributed by atoms with Crippen molar-refractivity contribution in [2.45, 2.75) is 50.9 Å². The lowest BCUT2D eigenvalue weighted by atomic mass is 10.1. The van der Waals surface area contributed by atoms with E-state index in [1.54, 1.807) is 0 Å². The summed E-state index contributed by atoms with van der Waals surface area (Å²) >= 11 is 3.38. The van der Waals surface area contributed by atoms with E-state index in [0.717, 1.165) is 19.3 Å². The van der Waals surface area contributed by atoms with E-state index < -0.39 is 0 Å². The van der Waals surface area contributed by atoms with Crippen molar-refractivity contribution in [3.63, 3.8) is 0 Å². The molecule has 1 amide bonds. The maximum absolute atomic E-state index is 11.7. The van der Waals surface area contributed by atoms with Gasteiger partial charge in [-0.15, -0.1) is 0 Å². The molecule has 0 fully saturated rings. The highest BCUT2D eigenvalue weighted by Crippen LogP contribution is 2.13. The molecule has 2 nitrogen and oxygen atoms in total. The molecule has 1 atom stereocenters. The van der Waals surface area contributed by atoms with Gasteiger partial charge in [-0.25, -0.2) is 0 Å². The molecule has 0 bridgehead atoms. The number of carbonyl (C=O) groups excluding carboxylic acids is 1. The largest absolute Gasteiger partial charge is 0.342 e. The molecule has 0 saturated carbocycles. The van der Waals surface area contributed by atoms with Gasteiger partial charge in [0, 0.05) is 13.1 Å². The summed E-state index contributed by atoms with van der Waals surface area (Å²) < 4.78 is 0. The average molecular weight is 250 g/mol. The van der Waals surface area contributed by atoms with E-state index in [2.05, 4.69) is 29.8 Å². The number of rotatable bonds is 5. The predicted octanol–water partition coefficient (Wildman–Crippen LogP) is 2.81. The number of nitrogens with zero attached hydrogens (tertiary/aromatic N) is 1. The second-order valence-corrected chi connectivity index (χ2v) is 4.40. The molecule has 13 heavy (non-hydrogen) atoms. The zero-order chi connectivity index (χ0) is 10.4. The fraction of sp³-hybridized carbons (Fsp3) is 0.900. The first-order valence-corrected chi connectivity index (χ1v) is 5.90. The van der Waals surface area contributed by atoms with Gasteiger partial charge in [0.2, 0.25) is 5.91 Å². The van der Waals surface area contributed by atoms with Crippen LogP contribution in [0.4, 0.5) is 0 Å². The van der Waals surface area contributed by atoms with Gasteiger partial charge in [-0.3, -0.25) is 4.79 Å². The topological polar surface area (TPSA) is 20.3 Å². The second-order valence-electron chi connectivity index (χ2n) is 3.30. The molecule has 1 unspecified atom stereocenters. The Morgan fingerprint density at radius 3 is 2.00 bits per heavy atom. The van der Waals surface area contributed by atoms with E-state index in [4.69, 9.17) is 0 Å². The molecule has 0 aromatic carbocycles. The minimum Gasteiger partial charge on any atom is -0.342 e. The predicted molar refractivity (Wildman–Crippen MR) is 60.1 cm³/mol. The zero-order valence-electron chi connectivity index (χ0n) is 9.01. The van der Waals surface area contributed by atoms with Gasteiger partial charge < -0.3 is 4.90 Å². The van der Waals surface area contributed by atoms with Crippen LogP contribution in [0.15, 0.2) is 0 Å². The van der Waals surface area contributed by atoms with E-state index >= 15 is 0 Å². The number of amides is 1. The molecule has 0 N–H and O–H groups in total. The van der Waals surface area contributed by atoms with Crippen LogP contribution >= 0.6 is 15.9 Å². The summed E-state index contributed by atoms with van der Waals surface area (Å²) in [4.78, 5) is 13.6. The van der Waals surface area contributed by atoms with Gasteiger partial charge in [0.1, 0.15) is 0 Å². The molecule has 0 spiro atoms. The Bertz CT molecular complexity index is 157. The summed E-state index contributed by atoms with van der Waals surface area (Å²) in [6.45, 7) is 6.25. The van der Waals surface area contributed by atoms with Crippen LogP contribution in [0.25, 0.3) is 0 Å². The number of carbonyl (C=O) groups is 1. The molecule has 0 rings (SSSR count). The van der Waals surface area contributed by atoms with Gasteiger partial charge >= 0.3 is 0 Å². The quantitative estimate of drug-likeness (QED) is 0.687. The lowest BCUT2D eigenvalue weighted by Crippen LogP contribution is -2.40. The van der Waals surface area contributed by atoms with Crippen LogP contribution in [-0.2, 0) is 4.79 Å². The van der Waals surface area contributed by atoms with Crippen LogP contribution in [0, 0.1) is 0 Å². The Morgan fingerprint density at radius 1 is 1.23 bits per heavy atom. The Kier molecular flexibility index (Phi) is 6.39. The Labute approximate surface area is 89.8 Å². The maximum Gasteiger partial charge on any atom is 0.236 e. The third kappa shape index (κ3) is 3.67. The van der Waals surface area contributed by atoms with Gasteiger partial charge in [-0.2, -0.15) is 0 Å². The van der Waals surface area contributed by atoms with E-state index in [-0.39, 0.29) is 10.7 Å². The maximum atomic E-state index is 11.7. The first kappa shape index (κ1) is 12.9. The van der Waals surface area contributed by atoms with Crippen LogP contribution in [-0.4, -0.2) is 28.7 Å². The summed E-state index contributed by atoms with van der Waals surface area (Å²) in [5.41, 5.74) is 0. The zero-order valence-corrected chi connectivity index (χ0v) is 10.6. The van der Waals surface area contributed by atoms with Crippen molar-refractivity contribution >= 4 is 21.8 Å². The Hall–Kier alpha value is -0.0500. The van der Waals surface area contributed by atoms with Crippen LogP contribution in [0.5, 0.6) is 0 Å². The number of hydrogen-bond donors (Lipinski definition) is 0. The Balaban J connectivity index is 4.22. The van der Waals surface area contributed by atoms with Gasteiger partial charge in [-0.05, 0) is 19.3 Å².